The summed E-state index contributed by atoms with van der Waals surface area (Å²) >= 11 is 0. The molecule has 6 nitrogen and oxygen atoms in total. The van der Waals surface area contributed by atoms with Crippen LogP contribution in [0.3, 0.4) is 0 Å². The molecule has 0 spiro atoms. The quantitative estimate of drug-likeness (QED) is 0.239. The Labute approximate surface area is 97.2 Å². The smallest absolute Gasteiger partial charge is 0.381 e. The number of aryl methyl sites for hydroxylation is 1. The molecule has 0 atom stereocenters. The third-order valence-corrected chi connectivity index (χ3v) is 2.45. The minimum Gasteiger partial charge on any atom is -0.411 e. The lowest BCUT2D eigenvalue weighted by Crippen LogP contribution is -2.33. The van der Waals surface area contributed by atoms with Crippen molar-refractivity contribution in [1.29, 1.82) is 0 Å². The minimum absolute atomic E-state index is 0.0527. The zero-order chi connectivity index (χ0) is 12.4. The number of nitrogens with zero attached hydrogens (tertiary/aromatic N) is 3. The topological polar surface area (TPSA) is 81.9 Å². The molecule has 88 valence electrons. The molecule has 0 aliphatic carbocycles. The monoisotopic (exact) mass is 234 g/mol. The van der Waals surface area contributed by atoms with Gasteiger partial charge in [0.15, 0.2) is 12.4 Å². The maximum Gasteiger partial charge on any atom is 0.381 e. The predicted octanol–water partition coefficient (Wildman–Crippen LogP) is 1.03. The Morgan fingerprint density at radius 3 is 2.53 bits per heavy atom. The maximum absolute atomic E-state index is 9.80. The van der Waals surface area contributed by atoms with Crippen LogP contribution in [0.5, 0.6) is 0 Å². The zero-order valence-corrected chi connectivity index (χ0v) is 9.15. The third kappa shape index (κ3) is 1.92. The molecule has 0 unspecified atom stereocenters. The molecule has 3 N–H and O–H groups in total. The molecule has 17 heavy (non-hydrogen) atoms. The molecular formula is C11H12N3O3+. The van der Waals surface area contributed by atoms with E-state index >= 15 is 0 Å². The number of benzene rings is 1. The van der Waals surface area contributed by atoms with E-state index in [1.807, 2.05) is 31.2 Å². The summed E-state index contributed by atoms with van der Waals surface area (Å²) in [6.45, 7) is 1.96. The van der Waals surface area contributed by atoms with Gasteiger partial charge in [0.05, 0.1) is 0 Å². The minimum atomic E-state index is -0.0527. The summed E-state index contributed by atoms with van der Waals surface area (Å²) in [5.74, 6) is -0.0527. The van der Waals surface area contributed by atoms with E-state index in [9.17, 15) is 10.4 Å². The number of imidazole rings is 1. The maximum atomic E-state index is 9.80. The van der Waals surface area contributed by atoms with Gasteiger partial charge in [-0.3, -0.25) is 0 Å². The van der Waals surface area contributed by atoms with Crippen molar-refractivity contribution in [1.82, 2.24) is 4.73 Å². The average molecular weight is 234 g/mol. The van der Waals surface area contributed by atoms with Crippen molar-refractivity contribution in [2.45, 2.75) is 6.92 Å². The fraction of sp³-hybridized carbons (Fsp3) is 0.0909. The fourth-order valence-corrected chi connectivity index (χ4v) is 1.54. The lowest BCUT2D eigenvalue weighted by molar-refractivity contribution is -0.905. The summed E-state index contributed by atoms with van der Waals surface area (Å²) in [4.78, 5) is 0. The highest BCUT2D eigenvalue weighted by molar-refractivity contribution is 5.74. The van der Waals surface area contributed by atoms with E-state index in [1.165, 1.54) is 6.20 Å². The van der Waals surface area contributed by atoms with Crippen LogP contribution < -0.4 is 4.73 Å². The Hall–Kier alpha value is -2.50. The zero-order valence-electron chi connectivity index (χ0n) is 9.15. The van der Waals surface area contributed by atoms with E-state index in [4.69, 9.17) is 5.21 Å². The number of aromatic nitrogens is 2. The normalized spacial score (nSPS) is 11.1. The highest BCUT2D eigenvalue weighted by Gasteiger charge is 2.23. The first-order chi connectivity index (χ1) is 8.13. The van der Waals surface area contributed by atoms with Crippen LogP contribution in [-0.2, 0) is 0 Å². The van der Waals surface area contributed by atoms with Crippen molar-refractivity contribution < 1.29 is 20.4 Å². The average Bonchev–Trinajstić information content (AvgIpc) is 2.59. The lowest BCUT2D eigenvalue weighted by Gasteiger charge is -1.96. The van der Waals surface area contributed by atoms with Crippen molar-refractivity contribution in [2.24, 2.45) is 5.16 Å². The Morgan fingerprint density at radius 2 is 1.94 bits per heavy atom. The van der Waals surface area contributed by atoms with Crippen molar-refractivity contribution in [3.05, 3.63) is 41.9 Å². The van der Waals surface area contributed by atoms with Crippen LogP contribution in [0.15, 0.2) is 35.6 Å². The van der Waals surface area contributed by atoms with Crippen molar-refractivity contribution in [3.8, 4) is 11.3 Å². The van der Waals surface area contributed by atoms with Gasteiger partial charge in [0.25, 0.3) is 0 Å². The van der Waals surface area contributed by atoms with Gasteiger partial charge >= 0.3 is 5.82 Å². The van der Waals surface area contributed by atoms with Gasteiger partial charge in [-0.25, -0.2) is 0 Å². The van der Waals surface area contributed by atoms with Crippen LogP contribution in [0.2, 0.25) is 0 Å². The van der Waals surface area contributed by atoms with Crippen LogP contribution in [0.4, 0.5) is 0 Å². The van der Waals surface area contributed by atoms with Gasteiger partial charge in [-0.2, -0.15) is 0 Å². The van der Waals surface area contributed by atoms with Gasteiger partial charge < -0.3 is 15.6 Å². The van der Waals surface area contributed by atoms with Crippen molar-refractivity contribution in [2.75, 3.05) is 0 Å². The third-order valence-electron chi connectivity index (χ3n) is 2.45. The molecule has 2 aromatic rings. The van der Waals surface area contributed by atoms with E-state index in [0.29, 0.717) is 10.4 Å². The van der Waals surface area contributed by atoms with Gasteiger partial charge in [0, 0.05) is 5.56 Å². The van der Waals surface area contributed by atoms with Gasteiger partial charge in [-0.05, 0) is 16.4 Å². The highest BCUT2D eigenvalue weighted by atomic mass is 16.5. The van der Waals surface area contributed by atoms with Crippen molar-refractivity contribution in [3.63, 3.8) is 0 Å². The first-order valence-electron chi connectivity index (χ1n) is 4.94. The molecule has 0 saturated carbocycles. The molecule has 1 heterocycles. The van der Waals surface area contributed by atoms with Gasteiger partial charge in [0.1, 0.15) is 0 Å². The standard InChI is InChI=1S/C11H11N3O3/c1-8-2-4-9(5-3-8)10-7-13(16)11(6-12-15)14(10)17/h2-7,16-17H,1H3/p+1. The first-order valence-corrected chi connectivity index (χ1v) is 4.94. The summed E-state index contributed by atoms with van der Waals surface area (Å²) in [6.07, 6.45) is 2.25. The molecule has 2 rings (SSSR count). The first kappa shape index (κ1) is 11.0. The molecule has 1 aromatic heterocycles. The van der Waals surface area contributed by atoms with Crippen LogP contribution in [-0.4, -0.2) is 26.6 Å². The van der Waals surface area contributed by atoms with Gasteiger partial charge in [-0.15, -0.1) is 0 Å². The van der Waals surface area contributed by atoms with Gasteiger partial charge in [-0.1, -0.05) is 35.0 Å². The number of rotatable bonds is 2. The molecule has 0 aliphatic heterocycles. The second kappa shape index (κ2) is 4.17. The Balaban J connectivity index is 2.53. The Bertz CT molecular complexity index is 558. The summed E-state index contributed by atoms with van der Waals surface area (Å²) in [7, 11) is 0. The van der Waals surface area contributed by atoms with E-state index in [1.54, 1.807) is 0 Å². The van der Waals surface area contributed by atoms with Crippen LogP contribution in [0.1, 0.15) is 11.4 Å². The number of hydrogen-bond acceptors (Lipinski definition) is 4. The summed E-state index contributed by atoms with van der Waals surface area (Å²) in [5, 5.41) is 30.5. The second-order valence-electron chi connectivity index (χ2n) is 3.64. The van der Waals surface area contributed by atoms with E-state index in [2.05, 4.69) is 5.16 Å². The number of oxime groups is 1. The molecule has 0 radical (unpaired) electrons. The highest BCUT2D eigenvalue weighted by Crippen LogP contribution is 2.18. The van der Waals surface area contributed by atoms with Crippen LogP contribution >= 0.6 is 0 Å². The largest absolute Gasteiger partial charge is 0.411 e. The van der Waals surface area contributed by atoms with E-state index in [0.717, 1.165) is 22.1 Å². The second-order valence-corrected chi connectivity index (χ2v) is 3.64. The van der Waals surface area contributed by atoms with Crippen molar-refractivity contribution >= 4 is 6.21 Å². The molecule has 0 amide bonds. The predicted molar refractivity (Wildman–Crippen MR) is 58.5 cm³/mol. The van der Waals surface area contributed by atoms with Gasteiger partial charge in [0.2, 0.25) is 5.69 Å². The molecular weight excluding hydrogens is 222 g/mol. The summed E-state index contributed by atoms with van der Waals surface area (Å²) in [6, 6.07) is 7.42. The van der Waals surface area contributed by atoms with E-state index in [-0.39, 0.29) is 5.82 Å². The number of hydrogen-bond donors (Lipinski definition) is 3. The summed E-state index contributed by atoms with van der Waals surface area (Å²) in [5.41, 5.74) is 2.22. The molecule has 1 aromatic carbocycles. The van der Waals surface area contributed by atoms with Crippen LogP contribution in [0, 0.1) is 6.92 Å². The molecule has 0 aliphatic rings. The molecule has 0 saturated heterocycles. The lowest BCUT2D eigenvalue weighted by atomic mass is 10.1. The Morgan fingerprint density at radius 1 is 1.29 bits per heavy atom. The SMILES string of the molecule is Cc1ccc(-c2c[n+](O)c(/C=N/O)n2O)cc1. The molecule has 0 fully saturated rings. The fourth-order valence-electron chi connectivity index (χ4n) is 1.54. The van der Waals surface area contributed by atoms with E-state index < -0.39 is 0 Å². The van der Waals surface area contributed by atoms with Crippen LogP contribution in [0.25, 0.3) is 11.3 Å². The molecule has 0 bridgehead atoms. The summed E-state index contributed by atoms with van der Waals surface area (Å²) < 4.78 is 1.42. The molecule has 6 heteroatoms. The Kier molecular flexibility index (Phi) is 2.70.